The maximum absolute atomic E-state index is 11.3. The van der Waals surface area contributed by atoms with Crippen molar-refractivity contribution in [3.05, 3.63) is 29.8 Å². The van der Waals surface area contributed by atoms with E-state index in [9.17, 15) is 4.21 Å². The first kappa shape index (κ1) is 11.4. The van der Waals surface area contributed by atoms with Crippen molar-refractivity contribution < 1.29 is 8.39 Å². The van der Waals surface area contributed by atoms with Crippen LogP contribution in [-0.2, 0) is 17.6 Å². The van der Waals surface area contributed by atoms with E-state index in [1.165, 1.54) is 5.56 Å². The minimum atomic E-state index is -1.20. The SMILES string of the molecule is C[OH+]S(=O)c1ccc(CN(C)C)cc1. The molecule has 3 nitrogen and oxygen atoms in total. The summed E-state index contributed by atoms with van der Waals surface area (Å²) in [5.74, 6) is 0. The van der Waals surface area contributed by atoms with Gasteiger partial charge in [-0.25, -0.2) is 0 Å². The van der Waals surface area contributed by atoms with Crippen LogP contribution in [0.25, 0.3) is 0 Å². The van der Waals surface area contributed by atoms with Crippen LogP contribution in [0.5, 0.6) is 0 Å². The first-order chi connectivity index (χ1) is 6.63. The molecule has 14 heavy (non-hydrogen) atoms. The van der Waals surface area contributed by atoms with Gasteiger partial charge < -0.3 is 9.08 Å². The molecule has 1 aromatic carbocycles. The molecule has 0 spiro atoms. The highest BCUT2D eigenvalue weighted by atomic mass is 32.2. The second-order valence-electron chi connectivity index (χ2n) is 3.31. The lowest BCUT2D eigenvalue weighted by Crippen LogP contribution is -2.10. The third kappa shape index (κ3) is 3.21. The Morgan fingerprint density at radius 3 is 2.29 bits per heavy atom. The minimum absolute atomic E-state index is 0.759. The maximum Gasteiger partial charge on any atom is 0.336 e. The summed E-state index contributed by atoms with van der Waals surface area (Å²) < 4.78 is 15.0. The van der Waals surface area contributed by atoms with Gasteiger partial charge in [-0.05, 0) is 31.8 Å². The van der Waals surface area contributed by atoms with E-state index in [4.69, 9.17) is 0 Å². The van der Waals surface area contributed by atoms with Crippen LogP contribution >= 0.6 is 0 Å². The van der Waals surface area contributed by atoms with E-state index in [1.54, 1.807) is 7.11 Å². The monoisotopic (exact) mass is 214 g/mol. The molecule has 78 valence electrons. The zero-order chi connectivity index (χ0) is 10.6. The van der Waals surface area contributed by atoms with Crippen molar-refractivity contribution in [3.8, 4) is 0 Å². The molecule has 0 radical (unpaired) electrons. The van der Waals surface area contributed by atoms with Gasteiger partial charge in [-0.15, -0.1) is 0 Å². The van der Waals surface area contributed by atoms with Crippen molar-refractivity contribution in [2.45, 2.75) is 11.4 Å². The number of hydrogen-bond donors (Lipinski definition) is 0. The lowest BCUT2D eigenvalue weighted by molar-refractivity contribution is 0.248. The zero-order valence-electron chi connectivity index (χ0n) is 8.73. The highest BCUT2D eigenvalue weighted by molar-refractivity contribution is 7.79. The molecule has 1 rings (SSSR count). The average Bonchev–Trinajstić information content (AvgIpc) is 2.17. The van der Waals surface area contributed by atoms with Crippen molar-refractivity contribution in [1.29, 1.82) is 0 Å². The molecule has 0 aliphatic carbocycles. The molecule has 1 unspecified atom stereocenters. The van der Waals surface area contributed by atoms with E-state index in [-0.39, 0.29) is 0 Å². The van der Waals surface area contributed by atoms with Gasteiger partial charge in [-0.2, -0.15) is 4.21 Å². The number of nitrogens with zero attached hydrogens (tertiary/aromatic N) is 1. The van der Waals surface area contributed by atoms with Crippen molar-refractivity contribution in [1.82, 2.24) is 4.90 Å². The zero-order valence-corrected chi connectivity index (χ0v) is 9.54. The molecule has 0 aliphatic rings. The Hall–Kier alpha value is -0.710. The van der Waals surface area contributed by atoms with E-state index in [0.29, 0.717) is 0 Å². The highest BCUT2D eigenvalue weighted by Gasteiger charge is 2.06. The number of rotatable bonds is 4. The van der Waals surface area contributed by atoms with E-state index < -0.39 is 11.1 Å². The molecular formula is C10H16NO2S+. The Morgan fingerprint density at radius 1 is 1.29 bits per heavy atom. The summed E-state index contributed by atoms with van der Waals surface area (Å²) in [6.45, 7) is 0.899. The molecule has 0 saturated carbocycles. The van der Waals surface area contributed by atoms with Gasteiger partial charge in [0.1, 0.15) is 12.0 Å². The second-order valence-corrected chi connectivity index (χ2v) is 4.65. The quantitative estimate of drug-likeness (QED) is 0.552. The van der Waals surface area contributed by atoms with E-state index in [1.807, 2.05) is 38.4 Å². The minimum Gasteiger partial charge on any atom is -0.338 e. The van der Waals surface area contributed by atoms with E-state index in [0.717, 1.165) is 11.4 Å². The predicted molar refractivity (Wildman–Crippen MR) is 58.4 cm³/mol. The standard InChI is InChI=1S/C10H15NO2S/c1-11(2)8-9-4-6-10(7-5-9)14(12)13-3/h4-7H,8H2,1-3H3/p+1. The van der Waals surface area contributed by atoms with Gasteiger partial charge in [0, 0.05) is 6.54 Å². The van der Waals surface area contributed by atoms with Gasteiger partial charge in [0.2, 0.25) is 0 Å². The lowest BCUT2D eigenvalue weighted by Gasteiger charge is -2.08. The molecule has 0 heterocycles. The Bertz CT molecular complexity index is 308. The third-order valence-electron chi connectivity index (χ3n) is 1.79. The third-order valence-corrected chi connectivity index (χ3v) is 2.80. The number of hydrogen-bond acceptors (Lipinski definition) is 2. The van der Waals surface area contributed by atoms with Gasteiger partial charge in [0.05, 0.1) is 0 Å². The smallest absolute Gasteiger partial charge is 0.336 e. The summed E-state index contributed by atoms with van der Waals surface area (Å²) in [5.41, 5.74) is 1.21. The summed E-state index contributed by atoms with van der Waals surface area (Å²) >= 11 is -1.20. The van der Waals surface area contributed by atoms with Crippen LogP contribution in [-0.4, -0.2) is 34.5 Å². The van der Waals surface area contributed by atoms with Gasteiger partial charge in [-0.3, -0.25) is 0 Å². The molecule has 0 aromatic heterocycles. The number of aliphatic hydroxyl groups is 1. The molecule has 4 heteroatoms. The Labute approximate surface area is 87.3 Å². The molecule has 0 saturated heterocycles. The Morgan fingerprint density at radius 2 is 1.86 bits per heavy atom. The largest absolute Gasteiger partial charge is 0.338 e. The van der Waals surface area contributed by atoms with Crippen molar-refractivity contribution in [2.24, 2.45) is 0 Å². The molecule has 1 atom stereocenters. The van der Waals surface area contributed by atoms with Crippen LogP contribution in [0, 0.1) is 0 Å². The van der Waals surface area contributed by atoms with Gasteiger partial charge in [0.25, 0.3) is 0 Å². The molecule has 0 bridgehead atoms. The van der Waals surface area contributed by atoms with Crippen LogP contribution in [0.15, 0.2) is 29.2 Å². The van der Waals surface area contributed by atoms with Gasteiger partial charge >= 0.3 is 11.1 Å². The average molecular weight is 214 g/mol. The Kier molecular flexibility index (Phi) is 4.25. The van der Waals surface area contributed by atoms with Gasteiger partial charge in [-0.1, -0.05) is 12.1 Å². The fraction of sp³-hybridized carbons (Fsp3) is 0.400. The van der Waals surface area contributed by atoms with Gasteiger partial charge in [0.15, 0.2) is 0 Å². The second kappa shape index (κ2) is 5.24. The first-order valence-electron chi connectivity index (χ1n) is 4.39. The van der Waals surface area contributed by atoms with Crippen LogP contribution in [0.3, 0.4) is 0 Å². The predicted octanol–water partition coefficient (Wildman–Crippen LogP) is 0.929. The summed E-state index contributed by atoms with van der Waals surface area (Å²) in [6.07, 6.45) is 0. The van der Waals surface area contributed by atoms with Crippen LogP contribution < -0.4 is 0 Å². The van der Waals surface area contributed by atoms with Crippen LogP contribution in [0.4, 0.5) is 0 Å². The maximum atomic E-state index is 11.3. The normalized spacial score (nSPS) is 13.1. The lowest BCUT2D eigenvalue weighted by atomic mass is 10.2. The first-order valence-corrected chi connectivity index (χ1v) is 5.49. The van der Waals surface area contributed by atoms with Crippen molar-refractivity contribution in [3.63, 3.8) is 0 Å². The molecule has 1 aromatic rings. The van der Waals surface area contributed by atoms with E-state index >= 15 is 0 Å². The summed E-state index contributed by atoms with van der Waals surface area (Å²) in [6, 6.07) is 7.70. The molecule has 0 fully saturated rings. The van der Waals surface area contributed by atoms with E-state index in [2.05, 4.69) is 9.08 Å². The summed E-state index contributed by atoms with van der Waals surface area (Å²) in [4.78, 5) is 2.85. The van der Waals surface area contributed by atoms with Crippen LogP contribution in [0.1, 0.15) is 5.56 Å². The Balaban J connectivity index is 2.73. The summed E-state index contributed by atoms with van der Waals surface area (Å²) in [7, 11) is 5.60. The van der Waals surface area contributed by atoms with Crippen molar-refractivity contribution in [2.75, 3.05) is 21.2 Å². The highest BCUT2D eigenvalue weighted by Crippen LogP contribution is 2.09. The molecule has 0 amide bonds. The topological polar surface area (TPSA) is 33.1 Å². The fourth-order valence-corrected chi connectivity index (χ4v) is 1.76. The summed E-state index contributed by atoms with van der Waals surface area (Å²) in [5, 5.41) is 0. The van der Waals surface area contributed by atoms with Crippen molar-refractivity contribution >= 4 is 11.1 Å². The fourth-order valence-electron chi connectivity index (χ4n) is 1.18. The molecular weight excluding hydrogens is 198 g/mol. The molecule has 1 N–H and O–H groups in total. The van der Waals surface area contributed by atoms with Crippen LogP contribution in [0.2, 0.25) is 0 Å². The molecule has 0 aliphatic heterocycles. The number of benzene rings is 1.